The molecule has 0 heterocycles. The van der Waals surface area contributed by atoms with Crippen LogP contribution in [0.15, 0.2) is 65.6 Å². The number of rotatable bonds is 5. The van der Waals surface area contributed by atoms with E-state index in [4.69, 9.17) is 9.88 Å². The van der Waals surface area contributed by atoms with Crippen molar-refractivity contribution >= 4 is 38.4 Å². The van der Waals surface area contributed by atoms with Gasteiger partial charge in [-0.15, -0.1) is 0 Å². The lowest BCUT2D eigenvalue weighted by Crippen LogP contribution is -2.30. The molecule has 0 radical (unpaired) electrons. The highest BCUT2D eigenvalue weighted by Crippen LogP contribution is 2.20. The lowest BCUT2D eigenvalue weighted by Gasteiger charge is -2.14. The predicted octanol–water partition coefficient (Wildman–Crippen LogP) is 2.81. The first-order valence-electron chi connectivity index (χ1n) is 8.48. The first-order chi connectivity index (χ1) is 13.6. The fourth-order valence-electron chi connectivity index (χ4n) is 2.63. The van der Waals surface area contributed by atoms with Crippen LogP contribution in [0.1, 0.15) is 17.3 Å². The Morgan fingerprint density at radius 2 is 1.72 bits per heavy atom. The summed E-state index contributed by atoms with van der Waals surface area (Å²) in [4.78, 5) is 24.1. The highest BCUT2D eigenvalue weighted by molar-refractivity contribution is 7.89. The van der Waals surface area contributed by atoms with Crippen molar-refractivity contribution in [2.45, 2.75) is 17.9 Å². The van der Waals surface area contributed by atoms with Gasteiger partial charge in [-0.3, -0.25) is 4.79 Å². The number of hydrogen-bond donors (Lipinski definition) is 2. The van der Waals surface area contributed by atoms with E-state index in [2.05, 4.69) is 5.32 Å². The summed E-state index contributed by atoms with van der Waals surface area (Å²) in [6.07, 6.45) is -1.26. The van der Waals surface area contributed by atoms with E-state index in [1.54, 1.807) is 12.1 Å². The summed E-state index contributed by atoms with van der Waals surface area (Å²) >= 11 is 0. The Hall–Kier alpha value is -3.30. The van der Waals surface area contributed by atoms with Gasteiger partial charge in [0.2, 0.25) is 10.0 Å². The third kappa shape index (κ3) is 4.76. The van der Waals surface area contributed by atoms with E-state index < -0.39 is 44.3 Å². The minimum absolute atomic E-state index is 0.445. The summed E-state index contributed by atoms with van der Waals surface area (Å²) in [6.45, 7) is 1.32. The lowest BCUT2D eigenvalue weighted by molar-refractivity contribution is -0.123. The van der Waals surface area contributed by atoms with Crippen molar-refractivity contribution in [1.29, 1.82) is 0 Å². The van der Waals surface area contributed by atoms with Gasteiger partial charge in [-0.05, 0) is 48.0 Å². The number of ether oxygens (including phenoxy) is 1. The molecular formula is C20H17FN2O5S. The van der Waals surface area contributed by atoms with E-state index in [0.29, 0.717) is 5.69 Å². The number of anilines is 1. The van der Waals surface area contributed by atoms with Gasteiger partial charge in [-0.2, -0.15) is 0 Å². The van der Waals surface area contributed by atoms with Crippen molar-refractivity contribution in [3.05, 3.63) is 72.0 Å². The van der Waals surface area contributed by atoms with Crippen LogP contribution in [0.2, 0.25) is 0 Å². The summed E-state index contributed by atoms with van der Waals surface area (Å²) in [6, 6.07) is 15.3. The molecule has 0 aliphatic carbocycles. The van der Waals surface area contributed by atoms with Gasteiger partial charge < -0.3 is 10.1 Å². The van der Waals surface area contributed by atoms with Crippen LogP contribution < -0.4 is 10.5 Å². The number of primary sulfonamides is 1. The van der Waals surface area contributed by atoms with Crippen LogP contribution in [0.3, 0.4) is 0 Å². The van der Waals surface area contributed by atoms with E-state index in [0.717, 1.165) is 29.0 Å². The second-order valence-electron chi connectivity index (χ2n) is 6.29. The molecule has 3 rings (SSSR count). The van der Waals surface area contributed by atoms with Gasteiger partial charge in [0, 0.05) is 5.69 Å². The van der Waals surface area contributed by atoms with Crippen LogP contribution >= 0.6 is 0 Å². The van der Waals surface area contributed by atoms with Crippen molar-refractivity contribution in [2.24, 2.45) is 5.14 Å². The number of amides is 1. The van der Waals surface area contributed by atoms with E-state index in [-0.39, 0.29) is 0 Å². The highest BCUT2D eigenvalue weighted by atomic mass is 32.2. The van der Waals surface area contributed by atoms with E-state index in [1.165, 1.54) is 6.92 Å². The molecule has 29 heavy (non-hydrogen) atoms. The Bertz CT molecular complexity index is 1210. The van der Waals surface area contributed by atoms with Crippen LogP contribution in [0.5, 0.6) is 0 Å². The number of nitrogens with two attached hydrogens (primary N) is 1. The van der Waals surface area contributed by atoms with Crippen molar-refractivity contribution in [3.8, 4) is 0 Å². The first-order valence-corrected chi connectivity index (χ1v) is 10.0. The summed E-state index contributed by atoms with van der Waals surface area (Å²) < 4.78 is 41.7. The van der Waals surface area contributed by atoms with Gasteiger partial charge in [-0.1, -0.05) is 30.3 Å². The lowest BCUT2D eigenvalue weighted by atomic mass is 10.1. The number of carbonyl (C=O) groups is 2. The highest BCUT2D eigenvalue weighted by Gasteiger charge is 2.23. The summed E-state index contributed by atoms with van der Waals surface area (Å²) in [5.41, 5.74) is -0.138. The molecule has 7 nitrogen and oxygen atoms in total. The standard InChI is InChI=1S/C20H17FN2O5S/c1-12(19(24)23-15-7-6-13-4-2-3-5-14(13)10-15)28-20(25)17-11-16(29(22,26)27)8-9-18(17)21/h2-12H,1H3,(H,23,24)(H2,22,26,27)/t12-/m0/s1. The summed E-state index contributed by atoms with van der Waals surface area (Å²) in [5, 5.41) is 9.51. The zero-order valence-electron chi connectivity index (χ0n) is 15.3. The van der Waals surface area contributed by atoms with Gasteiger partial charge in [0.25, 0.3) is 5.91 Å². The van der Waals surface area contributed by atoms with Crippen molar-refractivity contribution in [3.63, 3.8) is 0 Å². The number of benzene rings is 3. The number of esters is 1. The molecule has 0 saturated heterocycles. The Balaban J connectivity index is 1.72. The maximum absolute atomic E-state index is 13.9. The molecule has 0 aliphatic rings. The zero-order valence-corrected chi connectivity index (χ0v) is 16.1. The Labute approximate surface area is 166 Å². The molecule has 0 fully saturated rings. The maximum atomic E-state index is 13.9. The number of hydrogen-bond acceptors (Lipinski definition) is 5. The number of nitrogens with one attached hydrogen (secondary N) is 1. The molecule has 3 aromatic rings. The molecule has 0 aromatic heterocycles. The van der Waals surface area contributed by atoms with Crippen LogP contribution in [-0.2, 0) is 19.6 Å². The fourth-order valence-corrected chi connectivity index (χ4v) is 3.17. The number of sulfonamides is 1. The number of carbonyl (C=O) groups excluding carboxylic acids is 2. The molecule has 9 heteroatoms. The second-order valence-corrected chi connectivity index (χ2v) is 7.85. The van der Waals surface area contributed by atoms with Crippen LogP contribution in [-0.4, -0.2) is 26.4 Å². The Morgan fingerprint density at radius 3 is 2.41 bits per heavy atom. The molecule has 3 N–H and O–H groups in total. The third-order valence-corrected chi connectivity index (χ3v) is 5.07. The van der Waals surface area contributed by atoms with Crippen LogP contribution in [0.25, 0.3) is 10.8 Å². The van der Waals surface area contributed by atoms with Crippen molar-refractivity contribution < 1.29 is 27.1 Å². The number of fused-ring (bicyclic) bond motifs is 1. The average Bonchev–Trinajstić information content (AvgIpc) is 2.67. The molecule has 1 atom stereocenters. The molecule has 0 bridgehead atoms. The van der Waals surface area contributed by atoms with E-state index in [1.807, 2.05) is 30.3 Å². The molecule has 1 amide bonds. The summed E-state index contributed by atoms with van der Waals surface area (Å²) in [5.74, 6) is -2.81. The van der Waals surface area contributed by atoms with Gasteiger partial charge >= 0.3 is 5.97 Å². The minimum Gasteiger partial charge on any atom is -0.449 e. The molecular weight excluding hydrogens is 399 g/mol. The average molecular weight is 416 g/mol. The van der Waals surface area contributed by atoms with Crippen LogP contribution in [0, 0.1) is 5.82 Å². The van der Waals surface area contributed by atoms with Gasteiger partial charge in [-0.25, -0.2) is 22.7 Å². The largest absolute Gasteiger partial charge is 0.449 e. The van der Waals surface area contributed by atoms with Crippen molar-refractivity contribution in [1.82, 2.24) is 0 Å². The maximum Gasteiger partial charge on any atom is 0.341 e. The fraction of sp³-hybridized carbons (Fsp3) is 0.100. The SMILES string of the molecule is C[C@H](OC(=O)c1cc(S(N)(=O)=O)ccc1F)C(=O)Nc1ccc2ccccc2c1. The van der Waals surface area contributed by atoms with Crippen LogP contribution in [0.4, 0.5) is 10.1 Å². The molecule has 0 saturated carbocycles. The Kier molecular flexibility index (Phi) is 5.62. The molecule has 0 aliphatic heterocycles. The normalized spacial score (nSPS) is 12.4. The van der Waals surface area contributed by atoms with E-state index in [9.17, 15) is 22.4 Å². The quantitative estimate of drug-likeness (QED) is 0.621. The molecule has 150 valence electrons. The second kappa shape index (κ2) is 7.98. The van der Waals surface area contributed by atoms with Gasteiger partial charge in [0.05, 0.1) is 10.5 Å². The smallest absolute Gasteiger partial charge is 0.341 e. The zero-order chi connectivity index (χ0) is 21.2. The third-order valence-electron chi connectivity index (χ3n) is 4.16. The molecule has 0 spiro atoms. The minimum atomic E-state index is -4.13. The first kappa shape index (κ1) is 20.4. The van der Waals surface area contributed by atoms with E-state index >= 15 is 0 Å². The Morgan fingerprint density at radius 1 is 1.03 bits per heavy atom. The van der Waals surface area contributed by atoms with Gasteiger partial charge in [0.15, 0.2) is 6.10 Å². The monoisotopic (exact) mass is 416 g/mol. The topological polar surface area (TPSA) is 116 Å². The molecule has 3 aromatic carbocycles. The number of halogens is 1. The summed E-state index contributed by atoms with van der Waals surface area (Å²) in [7, 11) is -4.13. The van der Waals surface area contributed by atoms with Gasteiger partial charge in [0.1, 0.15) is 5.82 Å². The molecule has 0 unspecified atom stereocenters. The predicted molar refractivity (Wildman–Crippen MR) is 105 cm³/mol. The van der Waals surface area contributed by atoms with Crippen molar-refractivity contribution in [2.75, 3.05) is 5.32 Å².